The Balaban J connectivity index is 2.04. The van der Waals surface area contributed by atoms with Crippen LogP contribution in [-0.2, 0) is 11.3 Å². The van der Waals surface area contributed by atoms with E-state index in [2.05, 4.69) is 20.7 Å². The maximum absolute atomic E-state index is 11.7. The van der Waals surface area contributed by atoms with Crippen molar-refractivity contribution in [2.24, 2.45) is 0 Å². The second-order valence-electron chi connectivity index (χ2n) is 3.95. The van der Waals surface area contributed by atoms with Crippen molar-refractivity contribution in [3.8, 4) is 5.75 Å². The molecule has 0 radical (unpaired) electrons. The molecule has 0 saturated carbocycles. The molecule has 0 saturated heterocycles. The minimum absolute atomic E-state index is 0.137. The molecule has 0 unspecified atom stereocenters. The average Bonchev–Trinajstić information content (AvgIpc) is 2.74. The first-order chi connectivity index (χ1) is 9.45. The van der Waals surface area contributed by atoms with E-state index in [1.165, 1.54) is 12.1 Å². The summed E-state index contributed by atoms with van der Waals surface area (Å²) in [6.45, 7) is 1.51. The fourth-order valence-corrected chi connectivity index (χ4v) is 1.51. The Labute approximate surface area is 112 Å². The number of tetrazole rings is 1. The minimum atomic E-state index is -1.25. The van der Waals surface area contributed by atoms with Crippen LogP contribution in [0.5, 0.6) is 5.75 Å². The molecule has 0 spiro atoms. The van der Waals surface area contributed by atoms with Gasteiger partial charge in [0, 0.05) is 11.8 Å². The summed E-state index contributed by atoms with van der Waals surface area (Å²) in [5.74, 6) is -1.65. The zero-order chi connectivity index (χ0) is 14.7. The Morgan fingerprint density at radius 3 is 2.70 bits per heavy atom. The number of aryl methyl sites for hydroxylation is 1. The summed E-state index contributed by atoms with van der Waals surface area (Å²) in [6, 6.07) is 3.73. The second kappa shape index (κ2) is 5.34. The number of hydrogen-bond acceptors (Lipinski definition) is 6. The first-order valence-electron chi connectivity index (χ1n) is 5.56. The van der Waals surface area contributed by atoms with Gasteiger partial charge in [-0.2, -0.15) is 4.80 Å². The molecule has 1 heterocycles. The molecular weight excluding hydrogens is 266 g/mol. The highest BCUT2D eigenvalue weighted by Gasteiger charge is 2.11. The number of nitrogens with zero attached hydrogens (tertiary/aromatic N) is 4. The molecule has 20 heavy (non-hydrogen) atoms. The first-order valence-corrected chi connectivity index (χ1v) is 5.56. The van der Waals surface area contributed by atoms with Crippen molar-refractivity contribution in [3.05, 3.63) is 29.6 Å². The Morgan fingerprint density at radius 2 is 2.15 bits per heavy atom. The van der Waals surface area contributed by atoms with Crippen LogP contribution in [0.1, 0.15) is 16.2 Å². The number of benzene rings is 1. The smallest absolute Gasteiger partial charge is 0.339 e. The van der Waals surface area contributed by atoms with Gasteiger partial charge in [0.05, 0.1) is 0 Å². The molecule has 0 fully saturated rings. The third kappa shape index (κ3) is 3.07. The van der Waals surface area contributed by atoms with Crippen LogP contribution in [0, 0.1) is 6.92 Å². The number of hydrogen-bond donors (Lipinski definition) is 3. The second-order valence-corrected chi connectivity index (χ2v) is 3.95. The van der Waals surface area contributed by atoms with Gasteiger partial charge in [0.2, 0.25) is 5.91 Å². The van der Waals surface area contributed by atoms with Crippen LogP contribution in [0.3, 0.4) is 0 Å². The highest BCUT2D eigenvalue weighted by atomic mass is 16.4. The number of carboxylic acids is 1. The van der Waals surface area contributed by atoms with Gasteiger partial charge in [-0.25, -0.2) is 4.79 Å². The number of aromatic hydroxyl groups is 1. The van der Waals surface area contributed by atoms with Crippen molar-refractivity contribution < 1.29 is 19.8 Å². The molecule has 0 aliphatic carbocycles. The molecule has 1 aromatic carbocycles. The maximum Gasteiger partial charge on any atom is 0.339 e. The van der Waals surface area contributed by atoms with E-state index in [4.69, 9.17) is 5.11 Å². The van der Waals surface area contributed by atoms with Crippen molar-refractivity contribution in [2.45, 2.75) is 13.5 Å². The Kier molecular flexibility index (Phi) is 3.60. The van der Waals surface area contributed by atoms with Crippen LogP contribution >= 0.6 is 0 Å². The molecule has 0 bridgehead atoms. The number of carbonyl (C=O) groups excluding carboxylic acids is 1. The molecule has 0 atom stereocenters. The van der Waals surface area contributed by atoms with Gasteiger partial charge in [-0.3, -0.25) is 4.79 Å². The van der Waals surface area contributed by atoms with Crippen molar-refractivity contribution in [1.82, 2.24) is 20.2 Å². The molecular formula is C11H11N5O4. The predicted molar refractivity (Wildman–Crippen MR) is 66.2 cm³/mol. The lowest BCUT2D eigenvalue weighted by atomic mass is 10.2. The summed E-state index contributed by atoms with van der Waals surface area (Å²) < 4.78 is 0. The molecule has 3 N–H and O–H groups in total. The molecule has 0 aliphatic heterocycles. The first kappa shape index (κ1) is 13.5. The van der Waals surface area contributed by atoms with E-state index in [9.17, 15) is 14.7 Å². The zero-order valence-corrected chi connectivity index (χ0v) is 10.4. The van der Waals surface area contributed by atoms with Crippen LogP contribution < -0.4 is 5.32 Å². The highest BCUT2D eigenvalue weighted by Crippen LogP contribution is 2.21. The Hall–Kier alpha value is -2.97. The molecule has 9 nitrogen and oxygen atoms in total. The van der Waals surface area contributed by atoms with Gasteiger partial charge in [-0.15, -0.1) is 10.2 Å². The number of anilines is 1. The quantitative estimate of drug-likeness (QED) is 0.718. The van der Waals surface area contributed by atoms with E-state index >= 15 is 0 Å². The number of aromatic carboxylic acids is 1. The third-order valence-corrected chi connectivity index (χ3v) is 2.35. The van der Waals surface area contributed by atoms with Crippen molar-refractivity contribution >= 4 is 17.6 Å². The third-order valence-electron chi connectivity index (χ3n) is 2.35. The summed E-state index contributed by atoms with van der Waals surface area (Å²) in [5.41, 5.74) is 0.0332. The number of nitrogens with one attached hydrogen (secondary N) is 1. The van der Waals surface area contributed by atoms with Crippen molar-refractivity contribution in [1.29, 1.82) is 0 Å². The highest BCUT2D eigenvalue weighted by molar-refractivity contribution is 5.94. The van der Waals surface area contributed by atoms with Crippen LogP contribution in [0.15, 0.2) is 18.2 Å². The Bertz CT molecular complexity index is 667. The van der Waals surface area contributed by atoms with Gasteiger partial charge in [0.25, 0.3) is 0 Å². The summed E-state index contributed by atoms with van der Waals surface area (Å²) in [7, 11) is 0. The minimum Gasteiger partial charge on any atom is -0.507 e. The maximum atomic E-state index is 11.7. The number of aromatic nitrogens is 4. The fourth-order valence-electron chi connectivity index (χ4n) is 1.51. The van der Waals surface area contributed by atoms with E-state index in [1.54, 1.807) is 6.92 Å². The largest absolute Gasteiger partial charge is 0.507 e. The van der Waals surface area contributed by atoms with Gasteiger partial charge < -0.3 is 15.5 Å². The SMILES string of the molecule is Cc1nnn(CC(=O)Nc2ccc(C(=O)O)c(O)c2)n1. The van der Waals surface area contributed by atoms with Crippen LogP contribution in [0.4, 0.5) is 5.69 Å². The molecule has 1 amide bonds. The fraction of sp³-hybridized carbons (Fsp3) is 0.182. The zero-order valence-electron chi connectivity index (χ0n) is 10.4. The standard InChI is InChI=1S/C11H11N5O4/c1-6-13-15-16(14-6)5-10(18)12-7-2-3-8(11(19)20)9(17)4-7/h2-4,17H,5H2,1H3,(H,12,18)(H,19,20). The van der Waals surface area contributed by atoms with Crippen molar-refractivity contribution in [3.63, 3.8) is 0 Å². The normalized spacial score (nSPS) is 10.2. The van der Waals surface area contributed by atoms with Gasteiger partial charge in [-0.1, -0.05) is 0 Å². The van der Waals surface area contributed by atoms with Gasteiger partial charge >= 0.3 is 5.97 Å². The van der Waals surface area contributed by atoms with Crippen LogP contribution in [0.2, 0.25) is 0 Å². The number of carbonyl (C=O) groups is 2. The lowest BCUT2D eigenvalue weighted by Gasteiger charge is -2.06. The summed E-state index contributed by atoms with van der Waals surface area (Å²) >= 11 is 0. The predicted octanol–water partition coefficient (Wildman–Crippen LogP) is 0.0240. The molecule has 2 rings (SSSR count). The van der Waals surface area contributed by atoms with E-state index in [0.717, 1.165) is 10.9 Å². The molecule has 1 aromatic heterocycles. The number of phenols is 1. The lowest BCUT2D eigenvalue weighted by molar-refractivity contribution is -0.117. The van der Waals surface area contributed by atoms with Crippen LogP contribution in [0.25, 0.3) is 0 Å². The van der Waals surface area contributed by atoms with E-state index in [1.807, 2.05) is 0 Å². The topological polar surface area (TPSA) is 130 Å². The van der Waals surface area contributed by atoms with Crippen molar-refractivity contribution in [2.75, 3.05) is 5.32 Å². The van der Waals surface area contributed by atoms with Gasteiger partial charge in [0.15, 0.2) is 5.82 Å². The molecule has 104 valence electrons. The molecule has 0 aliphatic rings. The number of amides is 1. The average molecular weight is 277 g/mol. The lowest BCUT2D eigenvalue weighted by Crippen LogP contribution is -2.20. The molecule has 9 heteroatoms. The van der Waals surface area contributed by atoms with E-state index < -0.39 is 17.6 Å². The summed E-state index contributed by atoms with van der Waals surface area (Å²) in [5, 5.41) is 31.9. The molecule has 2 aromatic rings. The van der Waals surface area contributed by atoms with E-state index in [0.29, 0.717) is 5.82 Å². The monoisotopic (exact) mass is 277 g/mol. The van der Waals surface area contributed by atoms with Crippen LogP contribution in [-0.4, -0.2) is 42.3 Å². The summed E-state index contributed by atoms with van der Waals surface area (Å²) in [4.78, 5) is 23.5. The number of rotatable bonds is 4. The summed E-state index contributed by atoms with van der Waals surface area (Å²) in [6.07, 6.45) is 0. The van der Waals surface area contributed by atoms with E-state index in [-0.39, 0.29) is 17.8 Å². The Morgan fingerprint density at radius 1 is 1.40 bits per heavy atom. The van der Waals surface area contributed by atoms with Gasteiger partial charge in [0.1, 0.15) is 17.9 Å². The van der Waals surface area contributed by atoms with Gasteiger partial charge in [-0.05, 0) is 24.3 Å². The number of carboxylic acid groups (broad SMARTS) is 1.